The third-order valence-electron chi connectivity index (χ3n) is 4.31. The van der Waals surface area contributed by atoms with Crippen LogP contribution in [-0.2, 0) is 17.9 Å². The molecule has 0 atom stereocenters. The molecule has 0 aliphatic heterocycles. The summed E-state index contributed by atoms with van der Waals surface area (Å²) in [5.41, 5.74) is 3.68. The number of pyridine rings is 1. The molecule has 0 fully saturated rings. The Labute approximate surface area is 155 Å². The quantitative estimate of drug-likeness (QED) is 0.695. The molecule has 1 aromatic carbocycles. The zero-order valence-corrected chi connectivity index (χ0v) is 15.0. The number of rotatable bonds is 5. The largest absolute Gasteiger partial charge is 0.465 e. The third kappa shape index (κ3) is 3.93. The minimum absolute atomic E-state index is 0.125. The Morgan fingerprint density at radius 2 is 2.04 bits per heavy atom. The lowest BCUT2D eigenvalue weighted by Crippen LogP contribution is -2.23. The van der Waals surface area contributed by atoms with E-state index in [4.69, 9.17) is 4.74 Å². The van der Waals surface area contributed by atoms with Gasteiger partial charge in [0, 0.05) is 24.0 Å². The van der Waals surface area contributed by atoms with Gasteiger partial charge in [0.25, 0.3) is 5.56 Å². The number of aliphatic hydroxyl groups is 1. The van der Waals surface area contributed by atoms with E-state index in [2.05, 4.69) is 10.1 Å². The van der Waals surface area contributed by atoms with Gasteiger partial charge in [-0.1, -0.05) is 12.1 Å². The van der Waals surface area contributed by atoms with Crippen LogP contribution in [0, 0.1) is 6.92 Å². The van der Waals surface area contributed by atoms with E-state index in [0.29, 0.717) is 22.4 Å². The van der Waals surface area contributed by atoms with Crippen molar-refractivity contribution in [3.05, 3.63) is 81.4 Å². The number of hydrogen-bond acceptors (Lipinski definition) is 6. The fourth-order valence-electron chi connectivity index (χ4n) is 2.78. The van der Waals surface area contributed by atoms with E-state index >= 15 is 0 Å². The van der Waals surface area contributed by atoms with Gasteiger partial charge in [0.1, 0.15) is 0 Å². The first kappa shape index (κ1) is 18.5. The molecule has 1 N–H and O–H groups in total. The minimum Gasteiger partial charge on any atom is -0.465 e. The lowest BCUT2D eigenvalue weighted by molar-refractivity contribution is 0.0599. The monoisotopic (exact) mass is 365 g/mol. The Balaban J connectivity index is 1.99. The molecule has 0 unspecified atom stereocenters. The number of carbonyl (C=O) groups excluding carboxylic acids is 1. The molecule has 0 aliphatic rings. The van der Waals surface area contributed by atoms with Gasteiger partial charge in [0.2, 0.25) is 0 Å². The van der Waals surface area contributed by atoms with Crippen LogP contribution in [0.3, 0.4) is 0 Å². The van der Waals surface area contributed by atoms with Crippen molar-refractivity contribution in [2.75, 3.05) is 7.11 Å². The van der Waals surface area contributed by atoms with Crippen molar-refractivity contribution < 1.29 is 14.6 Å². The molecule has 7 nitrogen and oxygen atoms in total. The number of hydrogen-bond donors (Lipinski definition) is 1. The molecule has 0 saturated heterocycles. The summed E-state index contributed by atoms with van der Waals surface area (Å²) in [4.78, 5) is 28.2. The number of esters is 1. The average Bonchev–Trinajstić information content (AvgIpc) is 2.70. The zero-order valence-electron chi connectivity index (χ0n) is 15.0. The van der Waals surface area contributed by atoms with Gasteiger partial charge < -0.3 is 9.84 Å². The lowest BCUT2D eigenvalue weighted by Gasteiger charge is -2.12. The fraction of sp³-hybridized carbons (Fsp3) is 0.200. The summed E-state index contributed by atoms with van der Waals surface area (Å²) >= 11 is 0. The maximum Gasteiger partial charge on any atom is 0.338 e. The summed E-state index contributed by atoms with van der Waals surface area (Å²) < 4.78 is 6.13. The highest BCUT2D eigenvalue weighted by Gasteiger charge is 2.13. The molecule has 138 valence electrons. The molecule has 2 aromatic heterocycles. The Morgan fingerprint density at radius 1 is 1.22 bits per heavy atom. The van der Waals surface area contributed by atoms with Gasteiger partial charge in [-0.2, -0.15) is 5.10 Å². The maximum absolute atomic E-state index is 12.3. The van der Waals surface area contributed by atoms with Crippen molar-refractivity contribution in [2.24, 2.45) is 0 Å². The van der Waals surface area contributed by atoms with Crippen LogP contribution in [0.5, 0.6) is 0 Å². The minimum atomic E-state index is -0.421. The van der Waals surface area contributed by atoms with Crippen molar-refractivity contribution >= 4 is 5.97 Å². The standard InChI is InChI=1S/C20H19N3O4/c1-13-15(4-3-5-17(13)20(26)27-2)11-23-19(25)7-6-18(22-23)16-8-14(12-24)9-21-10-16/h3-10,24H,11-12H2,1-2H3. The van der Waals surface area contributed by atoms with Gasteiger partial charge in [-0.3, -0.25) is 9.78 Å². The molecule has 0 aliphatic carbocycles. The molecule has 7 heteroatoms. The van der Waals surface area contributed by atoms with Crippen LogP contribution >= 0.6 is 0 Å². The van der Waals surface area contributed by atoms with Gasteiger partial charge in [-0.25, -0.2) is 9.48 Å². The Bertz CT molecular complexity index is 1040. The smallest absolute Gasteiger partial charge is 0.338 e. The molecule has 27 heavy (non-hydrogen) atoms. The molecule has 0 saturated carbocycles. The second-order valence-corrected chi connectivity index (χ2v) is 6.04. The molecule has 0 radical (unpaired) electrons. The lowest BCUT2D eigenvalue weighted by atomic mass is 10.0. The van der Waals surface area contributed by atoms with Gasteiger partial charge in [0.05, 0.1) is 31.5 Å². The summed E-state index contributed by atoms with van der Waals surface area (Å²) in [6.07, 6.45) is 3.20. The Morgan fingerprint density at radius 3 is 2.78 bits per heavy atom. The average molecular weight is 365 g/mol. The number of aromatic nitrogens is 3. The van der Waals surface area contributed by atoms with E-state index in [-0.39, 0.29) is 18.7 Å². The van der Waals surface area contributed by atoms with Crippen LogP contribution in [0.15, 0.2) is 53.6 Å². The number of ether oxygens (including phenoxy) is 1. The van der Waals surface area contributed by atoms with Crippen LogP contribution < -0.4 is 5.56 Å². The highest BCUT2D eigenvalue weighted by molar-refractivity contribution is 5.91. The third-order valence-corrected chi connectivity index (χ3v) is 4.31. The number of methoxy groups -OCH3 is 1. The van der Waals surface area contributed by atoms with Crippen LogP contribution in [-0.4, -0.2) is 33.0 Å². The first-order valence-corrected chi connectivity index (χ1v) is 8.33. The summed E-state index contributed by atoms with van der Waals surface area (Å²) in [5.74, 6) is -0.421. The topological polar surface area (TPSA) is 94.3 Å². The van der Waals surface area contributed by atoms with Gasteiger partial charge >= 0.3 is 5.97 Å². The summed E-state index contributed by atoms with van der Waals surface area (Å²) in [6.45, 7) is 1.90. The summed E-state index contributed by atoms with van der Waals surface area (Å²) in [5, 5.41) is 13.7. The van der Waals surface area contributed by atoms with Crippen molar-refractivity contribution in [1.82, 2.24) is 14.8 Å². The normalized spacial score (nSPS) is 10.6. The fourth-order valence-corrected chi connectivity index (χ4v) is 2.78. The molecule has 0 bridgehead atoms. The number of carbonyl (C=O) groups is 1. The molecular formula is C20H19N3O4. The second kappa shape index (κ2) is 7.92. The number of nitrogens with zero attached hydrogens (tertiary/aromatic N) is 3. The molecule has 3 aromatic rings. The van der Waals surface area contributed by atoms with E-state index in [1.54, 1.807) is 36.7 Å². The van der Waals surface area contributed by atoms with Gasteiger partial charge in [-0.15, -0.1) is 0 Å². The zero-order chi connectivity index (χ0) is 19.4. The van der Waals surface area contributed by atoms with Crippen molar-refractivity contribution in [3.63, 3.8) is 0 Å². The van der Waals surface area contributed by atoms with E-state index in [0.717, 1.165) is 11.1 Å². The molecule has 0 amide bonds. The predicted molar refractivity (Wildman–Crippen MR) is 99.3 cm³/mol. The maximum atomic E-state index is 12.3. The van der Waals surface area contributed by atoms with Crippen LogP contribution in [0.1, 0.15) is 27.0 Å². The molecular weight excluding hydrogens is 346 g/mol. The van der Waals surface area contributed by atoms with E-state index in [1.165, 1.54) is 17.9 Å². The number of benzene rings is 1. The molecule has 2 heterocycles. The first-order chi connectivity index (χ1) is 13.0. The van der Waals surface area contributed by atoms with E-state index in [1.807, 2.05) is 13.0 Å². The van der Waals surface area contributed by atoms with Gasteiger partial charge in [-0.05, 0) is 41.8 Å². The molecule has 0 spiro atoms. The molecule has 3 rings (SSSR count). The highest BCUT2D eigenvalue weighted by Crippen LogP contribution is 2.18. The summed E-state index contributed by atoms with van der Waals surface area (Å²) in [7, 11) is 1.33. The van der Waals surface area contributed by atoms with Crippen molar-refractivity contribution in [1.29, 1.82) is 0 Å². The SMILES string of the molecule is COC(=O)c1cccc(Cn2nc(-c3cncc(CO)c3)ccc2=O)c1C. The van der Waals surface area contributed by atoms with Crippen LogP contribution in [0.4, 0.5) is 0 Å². The predicted octanol–water partition coefficient (Wildman–Crippen LogP) is 1.94. The van der Waals surface area contributed by atoms with Gasteiger partial charge in [0.15, 0.2) is 0 Å². The van der Waals surface area contributed by atoms with Crippen molar-refractivity contribution in [2.45, 2.75) is 20.1 Å². The van der Waals surface area contributed by atoms with Crippen LogP contribution in [0.25, 0.3) is 11.3 Å². The van der Waals surface area contributed by atoms with Crippen molar-refractivity contribution in [3.8, 4) is 11.3 Å². The first-order valence-electron chi connectivity index (χ1n) is 8.33. The highest BCUT2D eigenvalue weighted by atomic mass is 16.5. The summed E-state index contributed by atoms with van der Waals surface area (Å²) in [6, 6.07) is 10.1. The number of aliphatic hydroxyl groups excluding tert-OH is 1. The van der Waals surface area contributed by atoms with E-state index < -0.39 is 5.97 Å². The Hall–Kier alpha value is -3.32. The van der Waals surface area contributed by atoms with Crippen LogP contribution in [0.2, 0.25) is 0 Å². The van der Waals surface area contributed by atoms with E-state index in [9.17, 15) is 14.7 Å². The Kier molecular flexibility index (Phi) is 5.42. The second-order valence-electron chi connectivity index (χ2n) is 6.04.